The first kappa shape index (κ1) is 11.9. The van der Waals surface area contributed by atoms with E-state index in [0.717, 1.165) is 5.69 Å². The van der Waals surface area contributed by atoms with Gasteiger partial charge < -0.3 is 5.43 Å². The zero-order chi connectivity index (χ0) is 13.0. The summed E-state index contributed by atoms with van der Waals surface area (Å²) in [5.41, 5.74) is 3.97. The number of carbonyl (C=O) groups is 1. The molecule has 92 valence electrons. The van der Waals surface area contributed by atoms with Crippen molar-refractivity contribution in [3.05, 3.63) is 35.9 Å². The number of nitrogen functional groups attached to an aromatic ring is 1. The molecule has 0 fully saturated rings. The molecule has 0 saturated carbocycles. The van der Waals surface area contributed by atoms with Crippen molar-refractivity contribution in [1.29, 1.82) is 0 Å². The molecule has 0 aliphatic rings. The van der Waals surface area contributed by atoms with Crippen molar-refractivity contribution in [2.45, 2.75) is 6.92 Å². The van der Waals surface area contributed by atoms with Gasteiger partial charge in [0, 0.05) is 11.9 Å². The van der Waals surface area contributed by atoms with E-state index in [2.05, 4.69) is 30.9 Å². The van der Waals surface area contributed by atoms with Crippen molar-refractivity contribution in [2.75, 3.05) is 10.7 Å². The number of amides is 1. The molecule has 1 amide bonds. The van der Waals surface area contributed by atoms with E-state index < -0.39 is 5.91 Å². The largest absolute Gasteiger partial charge is 0.323 e. The third kappa shape index (κ3) is 2.55. The number of aryl methyl sites for hydroxylation is 1. The van der Waals surface area contributed by atoms with E-state index in [1.807, 2.05) is 0 Å². The average molecular weight is 245 g/mol. The van der Waals surface area contributed by atoms with Crippen LogP contribution in [0.5, 0.6) is 0 Å². The Morgan fingerprint density at radius 2 is 2.17 bits per heavy atom. The molecule has 0 radical (unpaired) electrons. The van der Waals surface area contributed by atoms with Crippen molar-refractivity contribution < 1.29 is 4.79 Å². The smallest absolute Gasteiger partial charge is 0.261 e. The van der Waals surface area contributed by atoms with Crippen LogP contribution in [0.2, 0.25) is 0 Å². The lowest BCUT2D eigenvalue weighted by Crippen LogP contribution is -2.19. The number of nitrogens with two attached hydrogens (primary N) is 1. The van der Waals surface area contributed by atoms with Crippen LogP contribution in [0, 0.1) is 6.92 Å². The van der Waals surface area contributed by atoms with Gasteiger partial charge >= 0.3 is 0 Å². The van der Waals surface area contributed by atoms with E-state index >= 15 is 0 Å². The molecule has 0 unspecified atom stereocenters. The van der Waals surface area contributed by atoms with Gasteiger partial charge in [-0.2, -0.15) is 5.10 Å². The minimum atomic E-state index is -0.413. The fourth-order valence-electron chi connectivity index (χ4n) is 1.33. The third-order valence-corrected chi connectivity index (χ3v) is 2.15. The van der Waals surface area contributed by atoms with Crippen LogP contribution in [0.1, 0.15) is 16.1 Å². The van der Waals surface area contributed by atoms with Crippen molar-refractivity contribution in [2.24, 2.45) is 5.84 Å². The summed E-state index contributed by atoms with van der Waals surface area (Å²) in [7, 11) is 0. The van der Waals surface area contributed by atoms with Crippen LogP contribution < -0.4 is 16.6 Å². The first-order chi connectivity index (χ1) is 8.70. The topological polar surface area (TPSA) is 119 Å². The Morgan fingerprint density at radius 3 is 2.83 bits per heavy atom. The van der Waals surface area contributed by atoms with E-state index in [1.54, 1.807) is 13.0 Å². The summed E-state index contributed by atoms with van der Waals surface area (Å²) in [6.45, 7) is 1.80. The molecule has 0 aliphatic heterocycles. The number of nitrogens with zero attached hydrogens (tertiary/aromatic N) is 4. The van der Waals surface area contributed by atoms with E-state index in [-0.39, 0.29) is 5.95 Å². The summed E-state index contributed by atoms with van der Waals surface area (Å²) in [4.78, 5) is 19.8. The molecule has 2 aromatic heterocycles. The summed E-state index contributed by atoms with van der Waals surface area (Å²) in [5.74, 6) is 5.05. The van der Waals surface area contributed by atoms with Gasteiger partial charge in [-0.25, -0.2) is 4.98 Å². The first-order valence-electron chi connectivity index (χ1n) is 5.09. The molecule has 2 aromatic rings. The molecule has 0 atom stereocenters. The number of nitrogens with one attached hydrogen (secondary N) is 2. The third-order valence-electron chi connectivity index (χ3n) is 2.15. The Kier molecular flexibility index (Phi) is 3.39. The molecule has 4 N–H and O–H groups in total. The van der Waals surface area contributed by atoms with Gasteiger partial charge in [0.25, 0.3) is 5.91 Å². The van der Waals surface area contributed by atoms with Crippen LogP contribution in [-0.4, -0.2) is 26.1 Å². The van der Waals surface area contributed by atoms with E-state index in [9.17, 15) is 4.79 Å². The summed E-state index contributed by atoms with van der Waals surface area (Å²) in [5, 5.41) is 9.75. The molecular formula is C10H11N7O. The highest BCUT2D eigenvalue weighted by Gasteiger charge is 2.13. The molecule has 8 heteroatoms. The van der Waals surface area contributed by atoms with E-state index in [1.165, 1.54) is 18.6 Å². The predicted octanol–water partition coefficient (Wildman–Crippen LogP) is 0.113. The minimum Gasteiger partial charge on any atom is -0.323 e. The summed E-state index contributed by atoms with van der Waals surface area (Å²) in [6.07, 6.45) is 4.27. The van der Waals surface area contributed by atoms with Gasteiger partial charge in [-0.15, -0.1) is 5.10 Å². The molecule has 0 spiro atoms. The van der Waals surface area contributed by atoms with Crippen LogP contribution >= 0.6 is 0 Å². The van der Waals surface area contributed by atoms with Crippen LogP contribution in [0.4, 0.5) is 11.6 Å². The van der Waals surface area contributed by atoms with Gasteiger partial charge in [-0.3, -0.25) is 20.9 Å². The fourth-order valence-corrected chi connectivity index (χ4v) is 1.33. The summed E-state index contributed by atoms with van der Waals surface area (Å²) in [6, 6.07) is 1.67. The minimum absolute atomic E-state index is 0.117. The number of hydrogen-bond donors (Lipinski definition) is 3. The quantitative estimate of drug-likeness (QED) is 0.518. The van der Waals surface area contributed by atoms with Crippen LogP contribution in [0.3, 0.4) is 0 Å². The summed E-state index contributed by atoms with van der Waals surface area (Å²) >= 11 is 0. The second-order valence-electron chi connectivity index (χ2n) is 3.44. The van der Waals surface area contributed by atoms with Gasteiger partial charge in [0.2, 0.25) is 5.95 Å². The number of pyridine rings is 1. The first-order valence-corrected chi connectivity index (χ1v) is 5.09. The average Bonchev–Trinajstić information content (AvgIpc) is 2.39. The number of hydrogen-bond acceptors (Lipinski definition) is 7. The van der Waals surface area contributed by atoms with Gasteiger partial charge in [0.05, 0.1) is 23.6 Å². The highest BCUT2D eigenvalue weighted by molar-refractivity contribution is 6.06. The molecule has 0 aliphatic carbocycles. The Hall–Kier alpha value is -2.61. The molecular weight excluding hydrogens is 234 g/mol. The second kappa shape index (κ2) is 5.15. The number of aromatic nitrogens is 4. The summed E-state index contributed by atoms with van der Waals surface area (Å²) < 4.78 is 0. The van der Waals surface area contributed by atoms with Gasteiger partial charge in [0.1, 0.15) is 0 Å². The lowest BCUT2D eigenvalue weighted by molar-refractivity contribution is 0.102. The monoisotopic (exact) mass is 245 g/mol. The van der Waals surface area contributed by atoms with Crippen LogP contribution in [-0.2, 0) is 0 Å². The lowest BCUT2D eigenvalue weighted by Gasteiger charge is -2.08. The predicted molar refractivity (Wildman–Crippen MR) is 64.6 cm³/mol. The van der Waals surface area contributed by atoms with E-state index in [0.29, 0.717) is 11.3 Å². The zero-order valence-corrected chi connectivity index (χ0v) is 9.58. The highest BCUT2D eigenvalue weighted by atomic mass is 16.1. The molecule has 0 bridgehead atoms. The molecule has 0 aromatic carbocycles. The molecule has 18 heavy (non-hydrogen) atoms. The maximum Gasteiger partial charge on any atom is 0.261 e. The second-order valence-corrected chi connectivity index (χ2v) is 3.44. The SMILES string of the molecule is Cc1cc(NN)c(C(=O)Nc2nccnn2)cn1. The zero-order valence-electron chi connectivity index (χ0n) is 9.58. The Morgan fingerprint density at radius 1 is 1.33 bits per heavy atom. The standard InChI is InChI=1S/C10H11N7O/c1-6-4-8(16-11)7(5-13-6)9(18)15-10-12-2-3-14-17-10/h2-5H,11H2,1H3,(H,13,16)(H,12,15,17,18). The Balaban J connectivity index is 2.24. The van der Waals surface area contributed by atoms with Crippen molar-refractivity contribution >= 4 is 17.5 Å². The molecule has 0 saturated heterocycles. The number of hydrazine groups is 1. The maximum atomic E-state index is 12.0. The van der Waals surface area contributed by atoms with Gasteiger partial charge in [-0.05, 0) is 13.0 Å². The van der Waals surface area contributed by atoms with Gasteiger partial charge in [0.15, 0.2) is 0 Å². The van der Waals surface area contributed by atoms with Crippen LogP contribution in [0.25, 0.3) is 0 Å². The van der Waals surface area contributed by atoms with Crippen molar-refractivity contribution in [3.63, 3.8) is 0 Å². The fraction of sp³-hybridized carbons (Fsp3) is 0.100. The number of anilines is 2. The van der Waals surface area contributed by atoms with Crippen molar-refractivity contribution in [3.8, 4) is 0 Å². The molecule has 2 heterocycles. The van der Waals surface area contributed by atoms with E-state index in [4.69, 9.17) is 5.84 Å². The maximum absolute atomic E-state index is 12.0. The Labute approximate surface area is 103 Å². The van der Waals surface area contributed by atoms with Crippen LogP contribution in [0.15, 0.2) is 24.7 Å². The van der Waals surface area contributed by atoms with Crippen molar-refractivity contribution in [1.82, 2.24) is 20.2 Å². The number of carbonyl (C=O) groups excluding carboxylic acids is 1. The number of rotatable bonds is 3. The molecule has 8 nitrogen and oxygen atoms in total. The lowest BCUT2D eigenvalue weighted by atomic mass is 10.2. The Bertz CT molecular complexity index is 557. The molecule has 2 rings (SSSR count). The van der Waals surface area contributed by atoms with Gasteiger partial charge in [-0.1, -0.05) is 0 Å². The highest BCUT2D eigenvalue weighted by Crippen LogP contribution is 2.15. The normalized spacial score (nSPS) is 9.89.